The fraction of sp³-hybridized carbons (Fsp3) is 0.360. The van der Waals surface area contributed by atoms with Crippen molar-refractivity contribution in [3.05, 3.63) is 59.7 Å². The van der Waals surface area contributed by atoms with Crippen molar-refractivity contribution in [3.8, 4) is 18.1 Å². The summed E-state index contributed by atoms with van der Waals surface area (Å²) in [5.74, 6) is 3.81. The molecule has 1 unspecified atom stereocenters. The van der Waals surface area contributed by atoms with Crippen LogP contribution >= 0.6 is 24.0 Å². The number of halogens is 1. The number of rotatable bonds is 8. The Hall–Kier alpha value is -2.77. The monoisotopic (exact) mass is 561 g/mol. The van der Waals surface area contributed by atoms with E-state index in [2.05, 4.69) is 43.9 Å². The number of benzene rings is 2. The fourth-order valence-electron chi connectivity index (χ4n) is 3.83. The van der Waals surface area contributed by atoms with E-state index in [1.807, 2.05) is 24.3 Å². The minimum atomic E-state index is -0.175. The first-order valence-corrected chi connectivity index (χ1v) is 10.8. The molecule has 7 nitrogen and oxygen atoms in total. The number of carbonyl (C=O) groups excluding carboxylic acids is 1. The lowest BCUT2D eigenvalue weighted by molar-refractivity contribution is -0.115. The highest BCUT2D eigenvalue weighted by atomic mass is 127. The maximum absolute atomic E-state index is 12.3. The van der Waals surface area contributed by atoms with Crippen LogP contribution in [0.1, 0.15) is 30.0 Å². The van der Waals surface area contributed by atoms with E-state index in [9.17, 15) is 4.79 Å². The second-order valence-corrected chi connectivity index (χ2v) is 7.62. The fourth-order valence-corrected chi connectivity index (χ4v) is 3.83. The molecule has 1 saturated heterocycles. The average Bonchev–Trinajstić information content (AvgIpc) is 3.36. The van der Waals surface area contributed by atoms with Crippen molar-refractivity contribution >= 4 is 41.5 Å². The highest BCUT2D eigenvalue weighted by molar-refractivity contribution is 14.0. The van der Waals surface area contributed by atoms with Crippen LogP contribution in [0.4, 0.5) is 5.69 Å². The third-order valence-corrected chi connectivity index (χ3v) is 5.48. The predicted octanol–water partition coefficient (Wildman–Crippen LogP) is 3.24. The highest BCUT2D eigenvalue weighted by Gasteiger charge is 2.24. The highest BCUT2D eigenvalue weighted by Crippen LogP contribution is 2.27. The average molecular weight is 561 g/mol. The number of ether oxygens (including phenoxy) is 1. The number of methoxy groups -OCH3 is 1. The summed E-state index contributed by atoms with van der Waals surface area (Å²) in [5.41, 5.74) is 2.58. The van der Waals surface area contributed by atoms with Gasteiger partial charge < -0.3 is 20.7 Å². The topological polar surface area (TPSA) is 78.0 Å². The first kappa shape index (κ1) is 26.5. The van der Waals surface area contributed by atoms with Gasteiger partial charge in [0.05, 0.1) is 19.7 Å². The number of amides is 1. The number of nitrogens with zero attached hydrogens (tertiary/aromatic N) is 2. The maximum atomic E-state index is 12.3. The molecule has 0 radical (unpaired) electrons. The summed E-state index contributed by atoms with van der Waals surface area (Å²) in [4.78, 5) is 19.1. The molecule has 0 spiro atoms. The minimum absolute atomic E-state index is 0. The van der Waals surface area contributed by atoms with E-state index < -0.39 is 0 Å². The number of nitrogens with one attached hydrogen (secondary N) is 3. The van der Waals surface area contributed by atoms with E-state index in [1.165, 1.54) is 18.4 Å². The van der Waals surface area contributed by atoms with Gasteiger partial charge in [-0.05, 0) is 61.8 Å². The molecule has 1 aliphatic heterocycles. The Bertz CT molecular complexity index is 983. The Labute approximate surface area is 213 Å². The van der Waals surface area contributed by atoms with Crippen molar-refractivity contribution in [2.75, 3.05) is 45.7 Å². The van der Waals surface area contributed by atoms with Crippen molar-refractivity contribution in [1.29, 1.82) is 0 Å². The number of hydrogen-bond donors (Lipinski definition) is 3. The van der Waals surface area contributed by atoms with Crippen LogP contribution < -0.4 is 20.7 Å². The Balaban J connectivity index is 0.00000385. The summed E-state index contributed by atoms with van der Waals surface area (Å²) >= 11 is 0. The van der Waals surface area contributed by atoms with Crippen molar-refractivity contribution in [3.63, 3.8) is 0 Å². The van der Waals surface area contributed by atoms with E-state index in [-0.39, 0.29) is 42.5 Å². The summed E-state index contributed by atoms with van der Waals surface area (Å²) < 4.78 is 5.41. The van der Waals surface area contributed by atoms with Crippen molar-refractivity contribution in [2.24, 2.45) is 4.99 Å². The molecule has 0 aliphatic carbocycles. The Morgan fingerprint density at radius 1 is 1.18 bits per heavy atom. The number of likely N-dealkylation sites (tertiary alicyclic amines) is 1. The maximum Gasteiger partial charge on any atom is 0.243 e. The normalized spacial score (nSPS) is 14.5. The SMILES string of the molecule is C#Cc1cccc(NC(=O)CNC(=NC)NCC(c2cccc(OC)c2)N2CCCC2)c1.I. The summed E-state index contributed by atoms with van der Waals surface area (Å²) in [5, 5.41) is 9.29. The number of hydrogen-bond acceptors (Lipinski definition) is 4. The molecule has 8 heteroatoms. The first-order chi connectivity index (χ1) is 15.6. The van der Waals surface area contributed by atoms with E-state index >= 15 is 0 Å². The van der Waals surface area contributed by atoms with Crippen LogP contribution in [0.25, 0.3) is 0 Å². The molecule has 176 valence electrons. The zero-order chi connectivity index (χ0) is 22.8. The van der Waals surface area contributed by atoms with Gasteiger partial charge in [-0.15, -0.1) is 30.4 Å². The summed E-state index contributed by atoms with van der Waals surface area (Å²) in [6, 6.07) is 15.6. The molecule has 2 aromatic rings. The van der Waals surface area contributed by atoms with Gasteiger partial charge in [0, 0.05) is 24.8 Å². The molecular formula is C25H32IN5O2. The molecule has 3 N–H and O–H groups in total. The second kappa shape index (κ2) is 13.7. The van der Waals surface area contributed by atoms with Gasteiger partial charge in [0.25, 0.3) is 0 Å². The van der Waals surface area contributed by atoms with Gasteiger partial charge in [-0.3, -0.25) is 14.7 Å². The molecule has 1 amide bonds. The molecule has 1 fully saturated rings. The van der Waals surface area contributed by atoms with Crippen LogP contribution in [0.15, 0.2) is 53.5 Å². The van der Waals surface area contributed by atoms with Gasteiger partial charge in [0.1, 0.15) is 5.75 Å². The number of terminal acetylenes is 1. The second-order valence-electron chi connectivity index (χ2n) is 7.62. The van der Waals surface area contributed by atoms with Gasteiger partial charge in [-0.2, -0.15) is 0 Å². The predicted molar refractivity (Wildman–Crippen MR) is 144 cm³/mol. The number of guanidine groups is 1. The standard InChI is InChI=1S/C25H31N5O2.HI/c1-4-19-9-7-11-21(15-19)29-24(31)18-28-25(26-2)27-17-23(30-13-5-6-14-30)20-10-8-12-22(16-20)32-3;/h1,7-12,15-16,23H,5-6,13-14,17-18H2,2-3H3,(H,29,31)(H2,26,27,28);1H. The molecule has 33 heavy (non-hydrogen) atoms. The van der Waals surface area contributed by atoms with E-state index in [0.717, 1.165) is 24.4 Å². The Morgan fingerprint density at radius 3 is 2.64 bits per heavy atom. The molecule has 2 aromatic carbocycles. The summed E-state index contributed by atoms with van der Waals surface area (Å²) in [7, 11) is 3.38. The molecule has 1 aliphatic rings. The quantitative estimate of drug-likeness (QED) is 0.200. The lowest BCUT2D eigenvalue weighted by atomic mass is 10.1. The Kier molecular flexibility index (Phi) is 11.0. The van der Waals surface area contributed by atoms with E-state index in [1.54, 1.807) is 26.3 Å². The van der Waals surface area contributed by atoms with Gasteiger partial charge in [-0.1, -0.05) is 24.1 Å². The van der Waals surface area contributed by atoms with Crippen LogP contribution in [0, 0.1) is 12.3 Å². The largest absolute Gasteiger partial charge is 0.497 e. The molecule has 1 heterocycles. The van der Waals surface area contributed by atoms with Crippen LogP contribution in [0.2, 0.25) is 0 Å². The van der Waals surface area contributed by atoms with Gasteiger partial charge in [0.15, 0.2) is 5.96 Å². The van der Waals surface area contributed by atoms with Gasteiger partial charge >= 0.3 is 0 Å². The molecule has 0 aromatic heterocycles. The summed E-state index contributed by atoms with van der Waals surface area (Å²) in [6.45, 7) is 2.88. The number of aliphatic imine (C=N–C) groups is 1. The lowest BCUT2D eigenvalue weighted by Crippen LogP contribution is -2.44. The lowest BCUT2D eigenvalue weighted by Gasteiger charge is -2.29. The van der Waals surface area contributed by atoms with Crippen LogP contribution in [0.5, 0.6) is 5.75 Å². The first-order valence-electron chi connectivity index (χ1n) is 10.8. The Morgan fingerprint density at radius 2 is 1.94 bits per heavy atom. The molecule has 0 saturated carbocycles. The number of anilines is 1. The van der Waals surface area contributed by atoms with Gasteiger partial charge in [0.2, 0.25) is 5.91 Å². The van der Waals surface area contributed by atoms with E-state index in [0.29, 0.717) is 18.2 Å². The zero-order valence-corrected chi connectivity index (χ0v) is 21.5. The number of carbonyl (C=O) groups is 1. The zero-order valence-electron chi connectivity index (χ0n) is 19.1. The van der Waals surface area contributed by atoms with Crippen molar-refractivity contribution < 1.29 is 9.53 Å². The van der Waals surface area contributed by atoms with Gasteiger partial charge in [-0.25, -0.2) is 0 Å². The van der Waals surface area contributed by atoms with Crippen molar-refractivity contribution in [2.45, 2.75) is 18.9 Å². The molecule has 0 bridgehead atoms. The van der Waals surface area contributed by atoms with E-state index in [4.69, 9.17) is 11.2 Å². The molecular weight excluding hydrogens is 529 g/mol. The summed E-state index contributed by atoms with van der Waals surface area (Å²) in [6.07, 6.45) is 7.82. The van der Waals surface area contributed by atoms with Crippen LogP contribution in [-0.4, -0.2) is 57.1 Å². The van der Waals surface area contributed by atoms with Crippen LogP contribution in [0.3, 0.4) is 0 Å². The van der Waals surface area contributed by atoms with Crippen LogP contribution in [-0.2, 0) is 4.79 Å². The smallest absolute Gasteiger partial charge is 0.243 e. The van der Waals surface area contributed by atoms with Crippen molar-refractivity contribution in [1.82, 2.24) is 15.5 Å². The minimum Gasteiger partial charge on any atom is -0.497 e. The third-order valence-electron chi connectivity index (χ3n) is 5.48. The molecule has 1 atom stereocenters. The molecule has 3 rings (SSSR count). The third kappa shape index (κ3) is 7.94.